The smallest absolute Gasteiger partial charge is 0.238 e. The summed E-state index contributed by atoms with van der Waals surface area (Å²) >= 11 is 0. The van der Waals surface area contributed by atoms with Gasteiger partial charge in [-0.1, -0.05) is 34.1 Å². The molecule has 0 aliphatic carbocycles. The Morgan fingerprint density at radius 2 is 2.00 bits per heavy atom. The number of aldehydes is 1. The molecule has 0 aromatic rings. The predicted octanol–water partition coefficient (Wildman–Crippen LogP) is 0.500. The molecule has 5 N–H and O–H groups in total. The van der Waals surface area contributed by atoms with E-state index >= 15 is 0 Å². The highest BCUT2D eigenvalue weighted by molar-refractivity contribution is 5.82. The third-order valence-corrected chi connectivity index (χ3v) is 5.75. The minimum absolute atomic E-state index is 0.0645. The van der Waals surface area contributed by atoms with Gasteiger partial charge in [-0.25, -0.2) is 0 Å². The molecule has 0 radical (unpaired) electrons. The van der Waals surface area contributed by atoms with Crippen LogP contribution in [-0.4, -0.2) is 62.0 Å². The fourth-order valence-corrected chi connectivity index (χ4v) is 3.72. The van der Waals surface area contributed by atoms with Crippen LogP contribution in [0.25, 0.3) is 0 Å². The Hall–Kier alpha value is -1.06. The summed E-state index contributed by atoms with van der Waals surface area (Å²) in [5, 5.41) is 9.55. The van der Waals surface area contributed by atoms with Gasteiger partial charge in [0.05, 0.1) is 18.7 Å². The highest BCUT2D eigenvalue weighted by Gasteiger charge is 2.45. The highest BCUT2D eigenvalue weighted by atomic mass is 16.7. The number of nitrogens with two attached hydrogens (primary N) is 1. The summed E-state index contributed by atoms with van der Waals surface area (Å²) in [6, 6.07) is -0.984. The summed E-state index contributed by atoms with van der Waals surface area (Å²) in [4.78, 5) is 24.3. The molecule has 0 aromatic heterocycles. The van der Waals surface area contributed by atoms with Gasteiger partial charge in [-0.2, -0.15) is 0 Å². The maximum atomic E-state index is 12.7. The first kappa shape index (κ1) is 23.2. The van der Waals surface area contributed by atoms with Gasteiger partial charge in [-0.3, -0.25) is 10.1 Å². The molecule has 162 valence electrons. The van der Waals surface area contributed by atoms with E-state index in [1.54, 1.807) is 0 Å². The molecule has 8 nitrogen and oxygen atoms in total. The number of carbonyl (C=O) groups excluding carboxylic acids is 2. The Kier molecular flexibility index (Phi) is 8.82. The van der Waals surface area contributed by atoms with E-state index in [2.05, 4.69) is 29.8 Å². The Morgan fingerprint density at radius 1 is 1.32 bits per heavy atom. The average molecular weight is 399 g/mol. The van der Waals surface area contributed by atoms with Crippen LogP contribution in [-0.2, 0) is 19.1 Å². The summed E-state index contributed by atoms with van der Waals surface area (Å²) in [6.07, 6.45) is 3.00. The molecule has 28 heavy (non-hydrogen) atoms. The van der Waals surface area contributed by atoms with Crippen LogP contribution in [0, 0.1) is 11.8 Å². The molecule has 2 aliphatic rings. The lowest BCUT2D eigenvalue weighted by atomic mass is 9.99. The van der Waals surface area contributed by atoms with E-state index in [0.717, 1.165) is 38.6 Å². The zero-order valence-electron chi connectivity index (χ0n) is 17.7. The minimum Gasteiger partial charge on any atom is -0.347 e. The van der Waals surface area contributed by atoms with E-state index in [4.69, 9.17) is 15.2 Å². The van der Waals surface area contributed by atoms with Crippen molar-refractivity contribution >= 4 is 12.2 Å². The molecule has 1 amide bonds. The van der Waals surface area contributed by atoms with E-state index in [0.29, 0.717) is 18.9 Å². The third-order valence-electron chi connectivity index (χ3n) is 5.75. The standard InChI is InChI=1S/C20H38N4O4/c1-5-14(4)17(21)19(26)24-18(23-15(11-25)10-13(2)3)16-12-27-20(28-16)6-8-22-9-7-20/h11,13-18,22-23H,5-10,12,21H2,1-4H3,(H,24,26)/t14-,15-,16?,17-,18?/m0/s1. The Morgan fingerprint density at radius 3 is 2.57 bits per heavy atom. The first-order chi connectivity index (χ1) is 13.3. The molecule has 8 heteroatoms. The summed E-state index contributed by atoms with van der Waals surface area (Å²) < 4.78 is 12.3. The van der Waals surface area contributed by atoms with Crippen molar-refractivity contribution < 1.29 is 19.1 Å². The van der Waals surface area contributed by atoms with Gasteiger partial charge in [-0.15, -0.1) is 0 Å². The first-order valence-corrected chi connectivity index (χ1v) is 10.6. The van der Waals surface area contributed by atoms with Gasteiger partial charge < -0.3 is 30.6 Å². The predicted molar refractivity (Wildman–Crippen MR) is 107 cm³/mol. The first-order valence-electron chi connectivity index (χ1n) is 10.6. The second-order valence-corrected chi connectivity index (χ2v) is 8.56. The molecule has 2 rings (SSSR count). The molecular formula is C20H38N4O4. The molecule has 2 aliphatic heterocycles. The van der Waals surface area contributed by atoms with Crippen LogP contribution in [0.2, 0.25) is 0 Å². The number of carbonyl (C=O) groups is 2. The number of hydrogen-bond acceptors (Lipinski definition) is 7. The second kappa shape index (κ2) is 10.6. The lowest BCUT2D eigenvalue weighted by Crippen LogP contribution is -2.60. The van der Waals surface area contributed by atoms with E-state index in [1.165, 1.54) is 0 Å². The summed E-state index contributed by atoms with van der Waals surface area (Å²) in [5.74, 6) is -0.433. The zero-order valence-corrected chi connectivity index (χ0v) is 17.7. The van der Waals surface area contributed by atoms with E-state index in [9.17, 15) is 9.59 Å². The van der Waals surface area contributed by atoms with E-state index < -0.39 is 18.0 Å². The lowest BCUT2D eigenvalue weighted by Gasteiger charge is -2.34. The topological polar surface area (TPSA) is 115 Å². The van der Waals surface area contributed by atoms with Crippen molar-refractivity contribution in [1.29, 1.82) is 0 Å². The van der Waals surface area contributed by atoms with Crippen molar-refractivity contribution in [1.82, 2.24) is 16.0 Å². The van der Waals surface area contributed by atoms with Crippen molar-refractivity contribution in [3.63, 3.8) is 0 Å². The van der Waals surface area contributed by atoms with Gasteiger partial charge in [0, 0.05) is 25.9 Å². The quantitative estimate of drug-likeness (QED) is 0.313. The Labute approximate surface area is 168 Å². The van der Waals surface area contributed by atoms with Gasteiger partial charge in [0.2, 0.25) is 5.91 Å². The normalized spacial score (nSPS) is 26.0. The SMILES string of the molecule is CC[C@H](C)[C@H](N)C(=O)NC(N[C@H](C=O)CC(C)C)C1COC2(CCNCC2)O1. The van der Waals surface area contributed by atoms with Crippen molar-refractivity contribution in [2.24, 2.45) is 17.6 Å². The molecule has 1 spiro atoms. The van der Waals surface area contributed by atoms with Gasteiger partial charge in [0.25, 0.3) is 0 Å². The van der Waals surface area contributed by atoms with Crippen LogP contribution in [0.15, 0.2) is 0 Å². The number of ether oxygens (including phenoxy) is 2. The summed E-state index contributed by atoms with van der Waals surface area (Å²) in [6.45, 7) is 10.1. The van der Waals surface area contributed by atoms with Gasteiger partial charge in [0.1, 0.15) is 18.6 Å². The molecule has 2 fully saturated rings. The molecule has 2 saturated heterocycles. The molecule has 0 aromatic carbocycles. The van der Waals surface area contributed by atoms with Crippen molar-refractivity contribution in [3.05, 3.63) is 0 Å². The molecular weight excluding hydrogens is 360 g/mol. The van der Waals surface area contributed by atoms with E-state index in [1.807, 2.05) is 13.8 Å². The molecule has 5 atom stereocenters. The van der Waals surface area contributed by atoms with Crippen LogP contribution in [0.5, 0.6) is 0 Å². The fraction of sp³-hybridized carbons (Fsp3) is 0.900. The van der Waals surface area contributed by atoms with Crippen molar-refractivity contribution in [2.45, 2.75) is 83.5 Å². The van der Waals surface area contributed by atoms with Crippen LogP contribution >= 0.6 is 0 Å². The summed E-state index contributed by atoms with van der Waals surface area (Å²) in [7, 11) is 0. The van der Waals surface area contributed by atoms with Crippen LogP contribution < -0.4 is 21.7 Å². The van der Waals surface area contributed by atoms with Gasteiger partial charge in [-0.05, 0) is 18.3 Å². The van der Waals surface area contributed by atoms with E-state index in [-0.39, 0.29) is 24.0 Å². The Balaban J connectivity index is 2.09. The highest BCUT2D eigenvalue weighted by Crippen LogP contribution is 2.33. The van der Waals surface area contributed by atoms with Crippen molar-refractivity contribution in [2.75, 3.05) is 19.7 Å². The maximum Gasteiger partial charge on any atom is 0.238 e. The molecule has 0 bridgehead atoms. The number of nitrogens with one attached hydrogen (secondary N) is 3. The van der Waals surface area contributed by atoms with Gasteiger partial charge >= 0.3 is 0 Å². The zero-order chi connectivity index (χ0) is 20.7. The Bertz CT molecular complexity index is 510. The van der Waals surface area contributed by atoms with Crippen LogP contribution in [0.3, 0.4) is 0 Å². The second-order valence-electron chi connectivity index (χ2n) is 8.56. The van der Waals surface area contributed by atoms with Gasteiger partial charge in [0.15, 0.2) is 5.79 Å². The number of hydrogen-bond donors (Lipinski definition) is 4. The molecule has 2 heterocycles. The number of rotatable bonds is 10. The third kappa shape index (κ3) is 6.22. The minimum atomic E-state index is -0.607. The van der Waals surface area contributed by atoms with Crippen LogP contribution in [0.1, 0.15) is 53.4 Å². The van der Waals surface area contributed by atoms with Crippen LogP contribution in [0.4, 0.5) is 0 Å². The van der Waals surface area contributed by atoms with Crippen molar-refractivity contribution in [3.8, 4) is 0 Å². The number of piperidine rings is 1. The average Bonchev–Trinajstić information content (AvgIpc) is 3.08. The fourth-order valence-electron chi connectivity index (χ4n) is 3.72. The monoisotopic (exact) mass is 398 g/mol. The molecule has 2 unspecified atom stereocenters. The summed E-state index contributed by atoms with van der Waals surface area (Å²) in [5.41, 5.74) is 6.11. The lowest BCUT2D eigenvalue weighted by molar-refractivity contribution is -0.186. The number of amides is 1. The largest absolute Gasteiger partial charge is 0.347 e. The molecule has 0 saturated carbocycles. The maximum absolute atomic E-state index is 12.7.